The number of halogens is 3. The van der Waals surface area contributed by atoms with Gasteiger partial charge in [0, 0.05) is 10.4 Å². The van der Waals surface area contributed by atoms with Crippen LogP contribution in [-0.4, -0.2) is 18.0 Å². The fraction of sp³-hybridized carbons (Fsp3) is 0.263. The Morgan fingerprint density at radius 1 is 1.16 bits per heavy atom. The number of anilines is 1. The molecule has 3 nitrogen and oxygen atoms in total. The van der Waals surface area contributed by atoms with E-state index in [-0.39, 0.29) is 28.7 Å². The summed E-state index contributed by atoms with van der Waals surface area (Å²) < 4.78 is 14.1. The Balaban J connectivity index is 2.35. The van der Waals surface area contributed by atoms with Gasteiger partial charge >= 0.3 is 0 Å². The first kappa shape index (κ1) is 19.4. The molecule has 0 spiro atoms. The molecule has 0 aliphatic carbocycles. The summed E-state index contributed by atoms with van der Waals surface area (Å²) >= 11 is 11.9. The number of carbonyl (C=O) groups is 1. The van der Waals surface area contributed by atoms with Gasteiger partial charge in [-0.25, -0.2) is 9.38 Å². The van der Waals surface area contributed by atoms with E-state index in [2.05, 4.69) is 10.3 Å². The minimum atomic E-state index is -0.649. The van der Waals surface area contributed by atoms with Gasteiger partial charge in [0.15, 0.2) is 5.78 Å². The summed E-state index contributed by atoms with van der Waals surface area (Å²) in [6.07, 6.45) is 0. The van der Waals surface area contributed by atoms with Crippen LogP contribution in [0.5, 0.6) is 0 Å². The molecule has 0 unspecified atom stereocenters. The molecule has 0 aromatic heterocycles. The van der Waals surface area contributed by atoms with Crippen molar-refractivity contribution in [1.29, 1.82) is 0 Å². The second-order valence-corrected chi connectivity index (χ2v) is 7.41. The molecule has 0 aliphatic heterocycles. The molecule has 6 heteroatoms. The highest BCUT2D eigenvalue weighted by Crippen LogP contribution is 2.25. The molecule has 0 saturated heterocycles. The number of ketones is 1. The molecule has 0 fully saturated rings. The monoisotopic (exact) mass is 380 g/mol. The second kappa shape index (κ2) is 7.98. The Labute approximate surface area is 156 Å². The lowest BCUT2D eigenvalue weighted by Crippen LogP contribution is -2.33. The molecule has 0 aliphatic rings. The fourth-order valence-electron chi connectivity index (χ4n) is 2.10. The van der Waals surface area contributed by atoms with Crippen molar-refractivity contribution in [2.75, 3.05) is 11.9 Å². The maximum absolute atomic E-state index is 14.1. The molecule has 132 valence electrons. The van der Waals surface area contributed by atoms with Crippen LogP contribution in [0.25, 0.3) is 0 Å². The van der Waals surface area contributed by atoms with E-state index in [1.165, 1.54) is 18.2 Å². The third kappa shape index (κ3) is 5.28. The number of aliphatic imine (C=N–C) groups is 1. The molecule has 0 radical (unpaired) electrons. The number of para-hydroxylation sites is 1. The average Bonchev–Trinajstić information content (AvgIpc) is 2.53. The Bertz CT molecular complexity index is 813. The predicted octanol–water partition coefficient (Wildman–Crippen LogP) is 5.93. The van der Waals surface area contributed by atoms with Crippen molar-refractivity contribution >= 4 is 46.1 Å². The summed E-state index contributed by atoms with van der Waals surface area (Å²) in [5, 5.41) is 3.89. The highest BCUT2D eigenvalue weighted by molar-refractivity contribution is 6.43. The van der Waals surface area contributed by atoms with Crippen LogP contribution in [0.2, 0.25) is 10.0 Å². The molecular weight excluding hydrogens is 362 g/mol. The smallest absolute Gasteiger partial charge is 0.184 e. The van der Waals surface area contributed by atoms with Crippen molar-refractivity contribution in [3.8, 4) is 0 Å². The summed E-state index contributed by atoms with van der Waals surface area (Å²) in [7, 11) is 0. The Morgan fingerprint density at radius 3 is 2.44 bits per heavy atom. The standard InChI is InChI=1S/C19H19Cl2FN2O/c1-19(2,3)18(25)17(11-23-15-7-5-4-6-13(15)21)24-16-9-8-12(20)10-14(16)22/h4-10,23H,11H2,1-3H3. The third-order valence-corrected chi connectivity index (χ3v) is 3.99. The van der Waals surface area contributed by atoms with Crippen LogP contribution in [0.3, 0.4) is 0 Å². The highest BCUT2D eigenvalue weighted by Gasteiger charge is 2.26. The molecule has 0 saturated carbocycles. The largest absolute Gasteiger partial charge is 0.378 e. The number of rotatable bonds is 5. The molecule has 0 heterocycles. The Kier molecular flexibility index (Phi) is 6.20. The summed E-state index contributed by atoms with van der Waals surface area (Å²) in [5.74, 6) is -0.758. The SMILES string of the molecule is CC(C)(C)C(=O)C(CNc1ccccc1Cl)=Nc1ccc(Cl)cc1F. The van der Waals surface area contributed by atoms with Crippen molar-refractivity contribution in [3.63, 3.8) is 0 Å². The first-order valence-corrected chi connectivity index (χ1v) is 8.50. The van der Waals surface area contributed by atoms with Gasteiger partial charge in [-0.15, -0.1) is 0 Å². The molecular formula is C19H19Cl2FN2O. The minimum Gasteiger partial charge on any atom is -0.378 e. The summed E-state index contributed by atoms with van der Waals surface area (Å²) in [6, 6.07) is 11.3. The quantitative estimate of drug-likeness (QED) is 0.652. The third-order valence-electron chi connectivity index (χ3n) is 3.43. The van der Waals surface area contributed by atoms with E-state index in [4.69, 9.17) is 23.2 Å². The molecule has 0 atom stereocenters. The zero-order valence-corrected chi connectivity index (χ0v) is 15.7. The minimum absolute atomic E-state index is 0.0676. The number of benzene rings is 2. The van der Waals surface area contributed by atoms with Gasteiger partial charge in [0.25, 0.3) is 0 Å². The highest BCUT2D eigenvalue weighted by atomic mass is 35.5. The van der Waals surface area contributed by atoms with Gasteiger partial charge in [0.2, 0.25) is 0 Å². The normalized spacial score (nSPS) is 12.2. The zero-order chi connectivity index (χ0) is 18.6. The van der Waals surface area contributed by atoms with E-state index in [9.17, 15) is 9.18 Å². The van der Waals surface area contributed by atoms with Gasteiger partial charge in [0.1, 0.15) is 11.5 Å². The zero-order valence-electron chi connectivity index (χ0n) is 14.2. The van der Waals surface area contributed by atoms with Crippen molar-refractivity contribution in [1.82, 2.24) is 0 Å². The average molecular weight is 381 g/mol. The van der Waals surface area contributed by atoms with E-state index in [1.807, 2.05) is 12.1 Å². The molecule has 0 bridgehead atoms. The second-order valence-electron chi connectivity index (χ2n) is 6.57. The number of hydrogen-bond donors (Lipinski definition) is 1. The topological polar surface area (TPSA) is 41.5 Å². The molecule has 25 heavy (non-hydrogen) atoms. The van der Waals surface area contributed by atoms with Crippen molar-refractivity contribution in [2.45, 2.75) is 20.8 Å². The molecule has 2 aromatic carbocycles. The van der Waals surface area contributed by atoms with Crippen LogP contribution in [0.1, 0.15) is 20.8 Å². The van der Waals surface area contributed by atoms with Gasteiger partial charge in [-0.05, 0) is 30.3 Å². The summed E-state index contributed by atoms with van der Waals surface area (Å²) in [6.45, 7) is 5.50. The van der Waals surface area contributed by atoms with Crippen LogP contribution < -0.4 is 5.32 Å². The van der Waals surface area contributed by atoms with Crippen LogP contribution >= 0.6 is 23.2 Å². The first-order valence-electron chi connectivity index (χ1n) is 7.74. The first-order chi connectivity index (χ1) is 11.7. The molecule has 2 aromatic rings. The van der Waals surface area contributed by atoms with Crippen LogP contribution in [0.4, 0.5) is 15.8 Å². The number of nitrogens with zero attached hydrogens (tertiary/aromatic N) is 1. The number of carbonyl (C=O) groups excluding carboxylic acids is 1. The maximum atomic E-state index is 14.1. The van der Waals surface area contributed by atoms with Gasteiger partial charge < -0.3 is 5.32 Å². The number of Topliss-reactive ketones (excluding diaryl/α,β-unsaturated/α-hetero) is 1. The summed E-state index contributed by atoms with van der Waals surface area (Å²) in [5.41, 5.74) is 0.311. The Morgan fingerprint density at radius 2 is 1.84 bits per heavy atom. The van der Waals surface area contributed by atoms with E-state index in [0.29, 0.717) is 10.7 Å². The van der Waals surface area contributed by atoms with Crippen molar-refractivity contribution in [2.24, 2.45) is 10.4 Å². The molecule has 0 amide bonds. The Hall–Kier alpha value is -1.91. The van der Waals surface area contributed by atoms with Gasteiger partial charge in [-0.2, -0.15) is 0 Å². The van der Waals surface area contributed by atoms with Crippen LogP contribution in [-0.2, 0) is 4.79 Å². The predicted molar refractivity (Wildman–Crippen MR) is 103 cm³/mol. The van der Waals surface area contributed by atoms with Gasteiger partial charge in [-0.3, -0.25) is 4.79 Å². The summed E-state index contributed by atoms with van der Waals surface area (Å²) in [4.78, 5) is 16.9. The maximum Gasteiger partial charge on any atom is 0.184 e. The van der Waals surface area contributed by atoms with Crippen molar-refractivity contribution in [3.05, 3.63) is 58.3 Å². The van der Waals surface area contributed by atoms with E-state index in [0.717, 1.165) is 0 Å². The van der Waals surface area contributed by atoms with Gasteiger partial charge in [-0.1, -0.05) is 56.1 Å². The van der Waals surface area contributed by atoms with Crippen molar-refractivity contribution < 1.29 is 9.18 Å². The van der Waals surface area contributed by atoms with E-state index >= 15 is 0 Å². The van der Waals surface area contributed by atoms with E-state index in [1.54, 1.807) is 32.9 Å². The number of hydrogen-bond acceptors (Lipinski definition) is 3. The fourth-order valence-corrected chi connectivity index (χ4v) is 2.47. The van der Waals surface area contributed by atoms with E-state index < -0.39 is 11.2 Å². The number of nitrogens with one attached hydrogen (secondary N) is 1. The van der Waals surface area contributed by atoms with Crippen LogP contribution in [0.15, 0.2) is 47.5 Å². The van der Waals surface area contributed by atoms with Gasteiger partial charge in [0.05, 0.1) is 22.9 Å². The lowest BCUT2D eigenvalue weighted by atomic mass is 9.88. The van der Waals surface area contributed by atoms with Crippen LogP contribution in [0, 0.1) is 11.2 Å². The molecule has 2 rings (SSSR count). The lowest BCUT2D eigenvalue weighted by Gasteiger charge is -2.19. The molecule has 1 N–H and O–H groups in total. The lowest BCUT2D eigenvalue weighted by molar-refractivity contribution is -0.119.